The predicted octanol–water partition coefficient (Wildman–Crippen LogP) is 0.643. The highest BCUT2D eigenvalue weighted by Crippen LogP contribution is 2.18. The van der Waals surface area contributed by atoms with E-state index in [4.69, 9.17) is 9.47 Å². The first-order valence-electron chi connectivity index (χ1n) is 7.18. The van der Waals surface area contributed by atoms with Crippen LogP contribution in [0.5, 0.6) is 5.75 Å². The Bertz CT molecular complexity index is 631. The van der Waals surface area contributed by atoms with Gasteiger partial charge in [0.1, 0.15) is 0 Å². The maximum absolute atomic E-state index is 13.5. The molecule has 130 valence electrons. The molecule has 7 nitrogen and oxygen atoms in total. The van der Waals surface area contributed by atoms with Crippen molar-refractivity contribution in [3.63, 3.8) is 0 Å². The van der Waals surface area contributed by atoms with Gasteiger partial charge in [0.05, 0.1) is 13.7 Å². The van der Waals surface area contributed by atoms with Gasteiger partial charge in [-0.25, -0.2) is 9.18 Å². The SMILES string of the molecule is CCNC(=O)CNC(=O)COC(=O)/C=C/c1ccc(OC)c(F)c1. The van der Waals surface area contributed by atoms with E-state index in [9.17, 15) is 18.8 Å². The summed E-state index contributed by atoms with van der Waals surface area (Å²) < 4.78 is 23.0. The second-order valence-electron chi connectivity index (χ2n) is 4.57. The summed E-state index contributed by atoms with van der Waals surface area (Å²) in [6.07, 6.45) is 2.41. The molecule has 8 heteroatoms. The van der Waals surface area contributed by atoms with E-state index in [2.05, 4.69) is 10.6 Å². The van der Waals surface area contributed by atoms with Crippen LogP contribution in [0.25, 0.3) is 6.08 Å². The predicted molar refractivity (Wildman–Crippen MR) is 84.6 cm³/mol. The fourth-order valence-electron chi connectivity index (χ4n) is 1.62. The topological polar surface area (TPSA) is 93.7 Å². The Morgan fingerprint density at radius 3 is 2.58 bits per heavy atom. The Labute approximate surface area is 138 Å². The molecule has 0 unspecified atom stereocenters. The number of ether oxygens (including phenoxy) is 2. The average molecular weight is 338 g/mol. The van der Waals surface area contributed by atoms with Gasteiger partial charge in [-0.3, -0.25) is 9.59 Å². The Balaban J connectivity index is 2.39. The second kappa shape index (κ2) is 9.98. The molecule has 0 aromatic heterocycles. The molecule has 2 amide bonds. The summed E-state index contributed by atoms with van der Waals surface area (Å²) >= 11 is 0. The average Bonchev–Trinajstić information content (AvgIpc) is 2.56. The number of halogens is 1. The van der Waals surface area contributed by atoms with Crippen molar-refractivity contribution < 1.29 is 28.2 Å². The standard InChI is InChI=1S/C16H19FN2O5/c1-3-18-14(20)9-19-15(21)10-24-16(22)7-5-11-4-6-13(23-2)12(17)8-11/h4-8H,3,9-10H2,1-2H3,(H,18,20)(H,19,21)/b7-5+. The number of hydrogen-bond donors (Lipinski definition) is 2. The van der Waals surface area contributed by atoms with Crippen LogP contribution in [0.4, 0.5) is 4.39 Å². The minimum absolute atomic E-state index is 0.0958. The number of amides is 2. The van der Waals surface area contributed by atoms with Crippen LogP contribution in [-0.4, -0.2) is 44.6 Å². The van der Waals surface area contributed by atoms with Crippen LogP contribution in [0, 0.1) is 5.82 Å². The van der Waals surface area contributed by atoms with Gasteiger partial charge < -0.3 is 20.1 Å². The molecule has 0 saturated carbocycles. The number of hydrogen-bond acceptors (Lipinski definition) is 5. The second-order valence-corrected chi connectivity index (χ2v) is 4.57. The highest BCUT2D eigenvalue weighted by molar-refractivity contribution is 5.90. The van der Waals surface area contributed by atoms with E-state index >= 15 is 0 Å². The smallest absolute Gasteiger partial charge is 0.331 e. The molecular weight excluding hydrogens is 319 g/mol. The fourth-order valence-corrected chi connectivity index (χ4v) is 1.62. The van der Waals surface area contributed by atoms with Crippen molar-refractivity contribution in [3.8, 4) is 5.75 Å². The molecule has 0 bridgehead atoms. The molecule has 0 spiro atoms. The minimum atomic E-state index is -0.764. The van der Waals surface area contributed by atoms with Gasteiger partial charge in [0.25, 0.3) is 5.91 Å². The summed E-state index contributed by atoms with van der Waals surface area (Å²) in [6.45, 7) is 1.51. The first kappa shape index (κ1) is 19.1. The summed E-state index contributed by atoms with van der Waals surface area (Å²) in [5.41, 5.74) is 0.436. The van der Waals surface area contributed by atoms with Crippen LogP contribution >= 0.6 is 0 Å². The van der Waals surface area contributed by atoms with E-state index in [-0.39, 0.29) is 18.2 Å². The quantitative estimate of drug-likeness (QED) is 0.536. The molecule has 0 radical (unpaired) electrons. The molecule has 0 heterocycles. The highest BCUT2D eigenvalue weighted by atomic mass is 19.1. The maximum atomic E-state index is 13.5. The van der Waals surface area contributed by atoms with Gasteiger partial charge in [0.2, 0.25) is 5.91 Å². The number of likely N-dealkylation sites (N-methyl/N-ethyl adjacent to an activating group) is 1. The van der Waals surface area contributed by atoms with Gasteiger partial charge in [-0.1, -0.05) is 6.07 Å². The summed E-state index contributed by atoms with van der Waals surface area (Å²) in [7, 11) is 1.35. The summed E-state index contributed by atoms with van der Waals surface area (Å²) in [5, 5.41) is 4.81. The van der Waals surface area contributed by atoms with Gasteiger partial charge in [0, 0.05) is 12.6 Å². The maximum Gasteiger partial charge on any atom is 0.331 e. The van der Waals surface area contributed by atoms with Crippen molar-refractivity contribution in [1.82, 2.24) is 10.6 Å². The molecule has 2 N–H and O–H groups in total. The number of carbonyl (C=O) groups is 3. The van der Waals surface area contributed by atoms with Crippen molar-refractivity contribution in [1.29, 1.82) is 0 Å². The molecule has 1 aromatic rings. The third-order valence-corrected chi connectivity index (χ3v) is 2.75. The number of carbonyl (C=O) groups excluding carboxylic acids is 3. The zero-order valence-electron chi connectivity index (χ0n) is 13.4. The van der Waals surface area contributed by atoms with Crippen LogP contribution in [0.15, 0.2) is 24.3 Å². The molecule has 0 aliphatic heterocycles. The Hall–Kier alpha value is -2.90. The number of esters is 1. The first-order chi connectivity index (χ1) is 11.5. The van der Waals surface area contributed by atoms with Gasteiger partial charge >= 0.3 is 5.97 Å². The largest absolute Gasteiger partial charge is 0.494 e. The first-order valence-corrected chi connectivity index (χ1v) is 7.18. The van der Waals surface area contributed by atoms with Gasteiger partial charge in [-0.15, -0.1) is 0 Å². The normalized spacial score (nSPS) is 10.3. The lowest BCUT2D eigenvalue weighted by molar-refractivity contribution is -0.143. The molecule has 0 aliphatic carbocycles. The third kappa shape index (κ3) is 6.91. The van der Waals surface area contributed by atoms with Crippen molar-refractivity contribution in [2.75, 3.05) is 26.8 Å². The summed E-state index contributed by atoms with van der Waals surface area (Å²) in [6, 6.07) is 4.18. The van der Waals surface area contributed by atoms with Gasteiger partial charge in [-0.05, 0) is 30.7 Å². The van der Waals surface area contributed by atoms with E-state index in [1.807, 2.05) is 0 Å². The van der Waals surface area contributed by atoms with E-state index < -0.39 is 24.3 Å². The van der Waals surface area contributed by atoms with Crippen LogP contribution in [0.1, 0.15) is 12.5 Å². The zero-order chi connectivity index (χ0) is 17.9. The van der Waals surface area contributed by atoms with Gasteiger partial charge in [-0.2, -0.15) is 0 Å². The van der Waals surface area contributed by atoms with E-state index in [0.717, 1.165) is 6.08 Å². The number of nitrogens with one attached hydrogen (secondary N) is 2. The lowest BCUT2D eigenvalue weighted by Crippen LogP contribution is -2.38. The lowest BCUT2D eigenvalue weighted by atomic mass is 10.2. The Kier molecular flexibility index (Phi) is 7.97. The van der Waals surface area contributed by atoms with Crippen molar-refractivity contribution in [2.24, 2.45) is 0 Å². The van der Waals surface area contributed by atoms with Crippen LogP contribution < -0.4 is 15.4 Å². The van der Waals surface area contributed by atoms with Crippen molar-refractivity contribution in [2.45, 2.75) is 6.92 Å². The lowest BCUT2D eigenvalue weighted by Gasteiger charge is -2.05. The van der Waals surface area contributed by atoms with E-state index in [1.165, 1.54) is 25.3 Å². The van der Waals surface area contributed by atoms with E-state index in [0.29, 0.717) is 12.1 Å². The third-order valence-electron chi connectivity index (χ3n) is 2.75. The summed E-state index contributed by atoms with van der Waals surface area (Å²) in [4.78, 5) is 34.0. The fraction of sp³-hybridized carbons (Fsp3) is 0.312. The molecular formula is C16H19FN2O5. The molecule has 0 aliphatic rings. The van der Waals surface area contributed by atoms with Crippen LogP contribution in [0.2, 0.25) is 0 Å². The molecule has 24 heavy (non-hydrogen) atoms. The van der Waals surface area contributed by atoms with Crippen LogP contribution in [0.3, 0.4) is 0 Å². The van der Waals surface area contributed by atoms with Gasteiger partial charge in [0.15, 0.2) is 18.2 Å². The number of methoxy groups -OCH3 is 1. The monoisotopic (exact) mass is 338 g/mol. The number of benzene rings is 1. The molecule has 0 atom stereocenters. The molecule has 0 fully saturated rings. The van der Waals surface area contributed by atoms with E-state index in [1.54, 1.807) is 13.0 Å². The minimum Gasteiger partial charge on any atom is -0.494 e. The van der Waals surface area contributed by atoms with Crippen molar-refractivity contribution in [3.05, 3.63) is 35.7 Å². The van der Waals surface area contributed by atoms with Crippen LogP contribution in [-0.2, 0) is 19.1 Å². The molecule has 0 saturated heterocycles. The highest BCUT2D eigenvalue weighted by Gasteiger charge is 2.07. The molecule has 1 rings (SSSR count). The molecule has 1 aromatic carbocycles. The van der Waals surface area contributed by atoms with Crippen molar-refractivity contribution >= 4 is 23.9 Å². The Morgan fingerprint density at radius 2 is 1.96 bits per heavy atom. The number of rotatable bonds is 8. The zero-order valence-corrected chi connectivity index (χ0v) is 13.4. The summed E-state index contributed by atoms with van der Waals surface area (Å²) in [5.74, 6) is -2.16. The Morgan fingerprint density at radius 1 is 1.21 bits per heavy atom.